The van der Waals surface area contributed by atoms with Gasteiger partial charge in [0.05, 0.1) is 10.8 Å². The van der Waals surface area contributed by atoms with Crippen LogP contribution in [0.3, 0.4) is 0 Å². The number of piperidine rings is 3. The van der Waals surface area contributed by atoms with Crippen LogP contribution in [0, 0.1) is 11.8 Å². The van der Waals surface area contributed by atoms with E-state index in [9.17, 15) is 0 Å². The summed E-state index contributed by atoms with van der Waals surface area (Å²) in [6.07, 6.45) is 8.25. The molecule has 4 heterocycles. The molecule has 172 valence electrons. The number of pyridine rings is 1. The van der Waals surface area contributed by atoms with E-state index in [1.807, 2.05) is 0 Å². The van der Waals surface area contributed by atoms with Crippen LogP contribution in [0.5, 0.6) is 0 Å². The quantitative estimate of drug-likeness (QED) is 0.163. The van der Waals surface area contributed by atoms with Crippen LogP contribution in [-0.2, 0) is 6.42 Å². The molecule has 35 heavy (non-hydrogen) atoms. The third-order valence-electron chi connectivity index (χ3n) is 8.60. The first-order valence-corrected chi connectivity index (χ1v) is 13.0. The molecule has 3 fully saturated rings. The van der Waals surface area contributed by atoms with Crippen LogP contribution in [0.15, 0.2) is 104 Å². The van der Waals surface area contributed by atoms with Gasteiger partial charge in [0, 0.05) is 30.8 Å². The fourth-order valence-corrected chi connectivity index (χ4v) is 6.75. The van der Waals surface area contributed by atoms with Crippen molar-refractivity contribution < 1.29 is 4.57 Å². The Balaban J connectivity index is 1.32. The second-order valence-corrected chi connectivity index (χ2v) is 10.5. The monoisotopic (exact) mass is 455 g/mol. The SMILES string of the molecule is C=CC1CN2CCC1CC2Cc1cc[n+](-c2cccc3cc4ccccc4cc23)c2ccccc12. The van der Waals surface area contributed by atoms with Gasteiger partial charge < -0.3 is 0 Å². The maximum atomic E-state index is 4.10. The lowest BCUT2D eigenvalue weighted by atomic mass is 9.74. The number of rotatable bonds is 4. The second kappa shape index (κ2) is 8.32. The molecule has 1 aromatic heterocycles. The minimum absolute atomic E-state index is 0.646. The minimum Gasteiger partial charge on any atom is -0.299 e. The van der Waals surface area contributed by atoms with Crippen molar-refractivity contribution in [1.29, 1.82) is 0 Å². The molecule has 4 aromatic carbocycles. The molecule has 0 amide bonds. The standard InChI is InChI=1S/C33H31N2/c1-2-23-22-34-16-14-26(23)19-29(34)20-28-15-17-35(32-12-6-5-11-30(28)32)33-13-7-10-27-18-24-8-3-4-9-25(24)21-31(27)33/h2-13,15,17-18,21,23,26,29H,1,14,16,19-20,22H2/q+1. The van der Waals surface area contributed by atoms with Crippen LogP contribution in [-0.4, -0.2) is 24.0 Å². The molecule has 0 radical (unpaired) electrons. The lowest BCUT2D eigenvalue weighted by Crippen LogP contribution is -2.53. The molecule has 2 nitrogen and oxygen atoms in total. The van der Waals surface area contributed by atoms with E-state index in [2.05, 4.69) is 113 Å². The van der Waals surface area contributed by atoms with E-state index < -0.39 is 0 Å². The van der Waals surface area contributed by atoms with Gasteiger partial charge in [-0.1, -0.05) is 54.6 Å². The van der Waals surface area contributed by atoms with Crippen molar-refractivity contribution in [2.24, 2.45) is 11.8 Å². The molecular weight excluding hydrogens is 424 g/mol. The number of nitrogens with zero attached hydrogens (tertiary/aromatic N) is 2. The lowest BCUT2D eigenvalue weighted by Gasteiger charge is -2.49. The van der Waals surface area contributed by atoms with Gasteiger partial charge in [0.1, 0.15) is 0 Å². The van der Waals surface area contributed by atoms with E-state index in [0.29, 0.717) is 12.0 Å². The Morgan fingerprint density at radius 2 is 1.66 bits per heavy atom. The summed E-state index contributed by atoms with van der Waals surface area (Å²) in [4.78, 5) is 2.72. The Kier molecular flexibility index (Phi) is 4.96. The van der Waals surface area contributed by atoms with Crippen LogP contribution >= 0.6 is 0 Å². The summed E-state index contributed by atoms with van der Waals surface area (Å²) in [7, 11) is 0. The highest BCUT2D eigenvalue weighted by molar-refractivity contribution is 6.01. The summed E-state index contributed by atoms with van der Waals surface area (Å²) in [5.74, 6) is 1.49. The molecule has 3 saturated heterocycles. The molecule has 0 aliphatic carbocycles. The third kappa shape index (κ3) is 3.47. The highest BCUT2D eigenvalue weighted by atomic mass is 15.2. The Labute approximate surface area is 207 Å². The zero-order valence-electron chi connectivity index (χ0n) is 20.1. The van der Waals surface area contributed by atoms with Crippen molar-refractivity contribution in [1.82, 2.24) is 4.90 Å². The lowest BCUT2D eigenvalue weighted by molar-refractivity contribution is -0.565. The van der Waals surface area contributed by atoms with Gasteiger partial charge in [0.25, 0.3) is 0 Å². The first kappa shape index (κ1) is 20.8. The van der Waals surface area contributed by atoms with Crippen molar-refractivity contribution in [2.45, 2.75) is 25.3 Å². The molecule has 2 heteroatoms. The van der Waals surface area contributed by atoms with Crippen molar-refractivity contribution in [2.75, 3.05) is 13.1 Å². The van der Waals surface area contributed by atoms with Crippen molar-refractivity contribution in [3.63, 3.8) is 0 Å². The maximum Gasteiger partial charge on any atom is 0.219 e. The Morgan fingerprint density at radius 1 is 0.857 bits per heavy atom. The summed E-state index contributed by atoms with van der Waals surface area (Å²) in [6, 6.07) is 31.9. The second-order valence-electron chi connectivity index (χ2n) is 10.5. The zero-order valence-corrected chi connectivity index (χ0v) is 20.1. The van der Waals surface area contributed by atoms with E-state index >= 15 is 0 Å². The Bertz CT molecular complexity index is 1580. The summed E-state index contributed by atoms with van der Waals surface area (Å²) >= 11 is 0. The summed E-state index contributed by atoms with van der Waals surface area (Å²) in [6.45, 7) is 6.53. The van der Waals surface area contributed by atoms with Crippen LogP contribution in [0.1, 0.15) is 18.4 Å². The number of benzene rings is 4. The maximum absolute atomic E-state index is 4.10. The fourth-order valence-electron chi connectivity index (χ4n) is 6.75. The molecule has 3 aliphatic rings. The number of hydrogen-bond donors (Lipinski definition) is 0. The molecule has 0 spiro atoms. The van der Waals surface area contributed by atoms with Gasteiger partial charge in [0.15, 0.2) is 6.20 Å². The first-order valence-electron chi connectivity index (χ1n) is 13.0. The zero-order chi connectivity index (χ0) is 23.4. The topological polar surface area (TPSA) is 7.12 Å². The van der Waals surface area contributed by atoms with Gasteiger partial charge in [-0.05, 0) is 77.6 Å². The molecule has 3 aliphatic heterocycles. The summed E-state index contributed by atoms with van der Waals surface area (Å²) in [5, 5.41) is 6.52. The Hall–Kier alpha value is -3.49. The van der Waals surface area contributed by atoms with Crippen LogP contribution in [0.4, 0.5) is 0 Å². The number of hydrogen-bond acceptors (Lipinski definition) is 1. The molecule has 0 N–H and O–H groups in total. The van der Waals surface area contributed by atoms with Crippen molar-refractivity contribution >= 4 is 32.4 Å². The number of para-hydroxylation sites is 1. The van der Waals surface area contributed by atoms with Crippen LogP contribution in [0.25, 0.3) is 38.1 Å². The third-order valence-corrected chi connectivity index (χ3v) is 8.60. The van der Waals surface area contributed by atoms with Crippen molar-refractivity contribution in [3.05, 3.63) is 109 Å². The van der Waals surface area contributed by atoms with E-state index in [1.54, 1.807) is 0 Å². The molecule has 4 atom stereocenters. The van der Waals surface area contributed by atoms with Gasteiger partial charge in [-0.3, -0.25) is 4.90 Å². The Morgan fingerprint density at radius 3 is 2.49 bits per heavy atom. The highest BCUT2D eigenvalue weighted by Gasteiger charge is 2.38. The van der Waals surface area contributed by atoms with E-state index in [4.69, 9.17) is 0 Å². The van der Waals surface area contributed by atoms with E-state index in [-0.39, 0.29) is 0 Å². The molecular formula is C33H31N2+. The first-order chi connectivity index (χ1) is 17.3. The van der Waals surface area contributed by atoms with Crippen LogP contribution in [0.2, 0.25) is 0 Å². The predicted octanol–water partition coefficient (Wildman–Crippen LogP) is 6.86. The average Bonchev–Trinajstić information content (AvgIpc) is 2.92. The van der Waals surface area contributed by atoms with E-state index in [0.717, 1.165) is 12.3 Å². The van der Waals surface area contributed by atoms with Gasteiger partial charge in [-0.15, -0.1) is 6.58 Å². The van der Waals surface area contributed by atoms with E-state index in [1.165, 1.54) is 69.6 Å². The molecule has 2 bridgehead atoms. The van der Waals surface area contributed by atoms with Gasteiger partial charge >= 0.3 is 0 Å². The highest BCUT2D eigenvalue weighted by Crippen LogP contribution is 2.38. The minimum atomic E-state index is 0.646. The summed E-state index contributed by atoms with van der Waals surface area (Å²) < 4.78 is 2.39. The van der Waals surface area contributed by atoms with Crippen molar-refractivity contribution in [3.8, 4) is 5.69 Å². The summed E-state index contributed by atoms with van der Waals surface area (Å²) in [5.41, 5.74) is 3.99. The van der Waals surface area contributed by atoms with Crippen LogP contribution < -0.4 is 4.57 Å². The number of fused-ring (bicyclic) bond motifs is 6. The molecule has 4 unspecified atom stereocenters. The van der Waals surface area contributed by atoms with Gasteiger partial charge in [0.2, 0.25) is 11.2 Å². The van der Waals surface area contributed by atoms with Gasteiger partial charge in [-0.25, -0.2) is 0 Å². The van der Waals surface area contributed by atoms with Gasteiger partial charge in [-0.2, -0.15) is 4.57 Å². The fraction of sp³-hybridized carbons (Fsp3) is 0.242. The molecule has 5 aromatic rings. The predicted molar refractivity (Wildman–Crippen MR) is 146 cm³/mol. The normalized spacial score (nSPS) is 23.8. The smallest absolute Gasteiger partial charge is 0.219 e. The average molecular weight is 456 g/mol. The molecule has 0 saturated carbocycles. The molecule has 8 rings (SSSR count). The largest absolute Gasteiger partial charge is 0.299 e. The number of aromatic nitrogens is 1.